The summed E-state index contributed by atoms with van der Waals surface area (Å²) < 4.78 is 15.1. The van der Waals surface area contributed by atoms with Crippen molar-refractivity contribution in [2.24, 2.45) is 0 Å². The maximum Gasteiger partial charge on any atom is 0.138 e. The Bertz CT molecular complexity index is 617. The van der Waals surface area contributed by atoms with Crippen LogP contribution in [-0.4, -0.2) is 0 Å². The van der Waals surface area contributed by atoms with E-state index in [4.69, 9.17) is 5.73 Å². The van der Waals surface area contributed by atoms with E-state index in [1.807, 2.05) is 40.8 Å². The largest absolute Gasteiger partial charge is 0.397 e. The first-order valence-corrected chi connectivity index (χ1v) is 7.68. The highest BCUT2D eigenvalue weighted by Crippen LogP contribution is 2.30. The highest BCUT2D eigenvalue weighted by Gasteiger charge is 2.08. The molecule has 0 saturated heterocycles. The molecule has 3 N–H and O–H groups in total. The minimum atomic E-state index is -0.271. The normalized spacial score (nSPS) is 10.5. The van der Waals surface area contributed by atoms with E-state index in [0.717, 1.165) is 22.1 Å². The van der Waals surface area contributed by atoms with Crippen LogP contribution in [0.15, 0.2) is 34.8 Å². The summed E-state index contributed by atoms with van der Waals surface area (Å²) in [5.74, 6) is -0.271. The molecule has 2 rings (SSSR count). The minimum Gasteiger partial charge on any atom is -0.397 e. The van der Waals surface area contributed by atoms with Crippen LogP contribution in [0.5, 0.6) is 0 Å². The van der Waals surface area contributed by atoms with Gasteiger partial charge in [-0.2, -0.15) is 0 Å². The van der Waals surface area contributed by atoms with E-state index in [-0.39, 0.29) is 5.82 Å². The molecule has 0 radical (unpaired) electrons. The van der Waals surface area contributed by atoms with E-state index < -0.39 is 0 Å². The third-order valence-corrected chi connectivity index (χ3v) is 4.13. The fraction of sp³-hybridized carbons (Fsp3) is 0.143. The first kappa shape index (κ1) is 14.6. The lowest BCUT2D eigenvalue weighted by Gasteiger charge is -2.14. The first-order chi connectivity index (χ1) is 9.01. The van der Waals surface area contributed by atoms with E-state index in [1.165, 1.54) is 6.07 Å². The minimum absolute atomic E-state index is 0.271. The lowest BCUT2D eigenvalue weighted by Crippen LogP contribution is -2.01. The van der Waals surface area contributed by atoms with E-state index in [1.54, 1.807) is 6.07 Å². The van der Waals surface area contributed by atoms with Crippen LogP contribution < -0.4 is 11.1 Å². The number of hydrogen-bond acceptors (Lipinski definition) is 2. The summed E-state index contributed by atoms with van der Waals surface area (Å²) in [4.78, 5) is 0. The average Bonchev–Trinajstić information content (AvgIpc) is 2.37. The number of nitrogens with one attached hydrogen (secondary N) is 1. The second-order valence-electron chi connectivity index (χ2n) is 4.13. The molecule has 5 heteroatoms. The Labute approximate surface area is 133 Å². The third kappa shape index (κ3) is 3.39. The molecule has 0 aliphatic rings. The highest BCUT2D eigenvalue weighted by molar-refractivity contribution is 14.1. The molecule has 100 valence electrons. The molecule has 2 aromatic rings. The van der Waals surface area contributed by atoms with Crippen LogP contribution in [0.25, 0.3) is 0 Å². The number of benzene rings is 2. The van der Waals surface area contributed by atoms with Gasteiger partial charge in [-0.3, -0.25) is 0 Å². The summed E-state index contributed by atoms with van der Waals surface area (Å²) in [6.07, 6.45) is 0.883. The molecule has 0 amide bonds. The summed E-state index contributed by atoms with van der Waals surface area (Å²) in [5, 5.41) is 3.20. The number of nitrogen functional groups attached to an aromatic ring is 1. The van der Waals surface area contributed by atoms with Crippen molar-refractivity contribution < 1.29 is 4.39 Å². The van der Waals surface area contributed by atoms with E-state index >= 15 is 0 Å². The van der Waals surface area contributed by atoms with Crippen LogP contribution in [0.2, 0.25) is 0 Å². The Morgan fingerprint density at radius 1 is 1.26 bits per heavy atom. The predicted octanol–water partition coefficient (Wildman–Crippen LogP) is 5.08. The molecular formula is C14H13BrFIN2. The standard InChI is InChI=1S/C14H13BrFIN2/c1-2-8-5-9(15)3-4-13(8)19-14-6-10(16)11(17)7-12(14)18/h3-7,19H,2,18H2,1H3. The number of anilines is 3. The van der Waals surface area contributed by atoms with Crippen molar-refractivity contribution in [2.45, 2.75) is 13.3 Å². The third-order valence-electron chi connectivity index (χ3n) is 2.81. The topological polar surface area (TPSA) is 38.0 Å². The van der Waals surface area contributed by atoms with Gasteiger partial charge in [-0.25, -0.2) is 4.39 Å². The molecule has 19 heavy (non-hydrogen) atoms. The summed E-state index contributed by atoms with van der Waals surface area (Å²) in [6.45, 7) is 2.07. The Balaban J connectivity index is 2.39. The lowest BCUT2D eigenvalue weighted by molar-refractivity contribution is 0.621. The quantitative estimate of drug-likeness (QED) is 0.522. The van der Waals surface area contributed by atoms with E-state index in [2.05, 4.69) is 28.2 Å². The molecule has 0 saturated carbocycles. The summed E-state index contributed by atoms with van der Waals surface area (Å²) in [7, 11) is 0. The SMILES string of the molecule is CCc1cc(Br)ccc1Nc1cc(F)c(I)cc1N. The van der Waals surface area contributed by atoms with E-state index in [9.17, 15) is 4.39 Å². The second-order valence-corrected chi connectivity index (χ2v) is 6.21. The Kier molecular flexibility index (Phi) is 4.67. The van der Waals surface area contributed by atoms with Crippen LogP contribution in [0.4, 0.5) is 21.5 Å². The lowest BCUT2D eigenvalue weighted by atomic mass is 10.1. The molecule has 0 spiro atoms. The molecule has 0 atom stereocenters. The molecule has 0 aliphatic heterocycles. The number of rotatable bonds is 3. The van der Waals surface area contributed by atoms with E-state index in [0.29, 0.717) is 14.9 Å². The van der Waals surface area contributed by atoms with Crippen LogP contribution in [0, 0.1) is 9.39 Å². The zero-order valence-corrected chi connectivity index (χ0v) is 14.0. The predicted molar refractivity (Wildman–Crippen MR) is 90.3 cm³/mol. The van der Waals surface area contributed by atoms with Crippen LogP contribution in [0.1, 0.15) is 12.5 Å². The first-order valence-electron chi connectivity index (χ1n) is 5.81. The Morgan fingerprint density at radius 3 is 2.68 bits per heavy atom. The van der Waals surface area contributed by atoms with Crippen molar-refractivity contribution in [3.8, 4) is 0 Å². The number of halogens is 3. The summed E-state index contributed by atoms with van der Waals surface area (Å²) in [6, 6.07) is 9.00. The zero-order chi connectivity index (χ0) is 14.0. The fourth-order valence-corrected chi connectivity index (χ4v) is 2.69. The Morgan fingerprint density at radius 2 is 2.00 bits per heavy atom. The van der Waals surface area contributed by atoms with Crippen molar-refractivity contribution in [1.82, 2.24) is 0 Å². The van der Waals surface area contributed by atoms with Crippen molar-refractivity contribution in [3.05, 3.63) is 49.8 Å². The molecule has 2 nitrogen and oxygen atoms in total. The van der Waals surface area contributed by atoms with Crippen LogP contribution >= 0.6 is 38.5 Å². The zero-order valence-electron chi connectivity index (χ0n) is 10.3. The average molecular weight is 435 g/mol. The van der Waals surface area contributed by atoms with Gasteiger partial charge < -0.3 is 11.1 Å². The monoisotopic (exact) mass is 434 g/mol. The maximum atomic E-state index is 13.6. The maximum absolute atomic E-state index is 13.6. The van der Waals surface area contributed by atoms with Gasteiger partial charge in [0.1, 0.15) is 5.82 Å². The number of aryl methyl sites for hydroxylation is 1. The Hall–Kier alpha value is -0.820. The van der Waals surface area contributed by atoms with Gasteiger partial charge in [-0.1, -0.05) is 22.9 Å². The van der Waals surface area contributed by atoms with Gasteiger partial charge in [0.25, 0.3) is 0 Å². The molecule has 0 bridgehead atoms. The summed E-state index contributed by atoms with van der Waals surface area (Å²) >= 11 is 5.37. The van der Waals surface area contributed by atoms with Gasteiger partial charge in [0.05, 0.1) is 14.9 Å². The molecule has 0 fully saturated rings. The van der Waals surface area contributed by atoms with Gasteiger partial charge in [-0.05, 0) is 58.8 Å². The van der Waals surface area contributed by atoms with Crippen LogP contribution in [-0.2, 0) is 6.42 Å². The number of nitrogens with two attached hydrogens (primary N) is 1. The molecule has 0 unspecified atom stereocenters. The molecule has 2 aromatic carbocycles. The van der Waals surface area contributed by atoms with Crippen molar-refractivity contribution >= 4 is 55.6 Å². The fourth-order valence-electron chi connectivity index (χ4n) is 1.79. The van der Waals surface area contributed by atoms with Gasteiger partial charge in [0.15, 0.2) is 0 Å². The summed E-state index contributed by atoms with van der Waals surface area (Å²) in [5.41, 5.74) is 9.14. The van der Waals surface area contributed by atoms with Crippen molar-refractivity contribution in [3.63, 3.8) is 0 Å². The molecule has 0 aromatic heterocycles. The van der Waals surface area contributed by atoms with Gasteiger partial charge in [-0.15, -0.1) is 0 Å². The molecule has 0 heterocycles. The van der Waals surface area contributed by atoms with Crippen molar-refractivity contribution in [1.29, 1.82) is 0 Å². The van der Waals surface area contributed by atoms with Gasteiger partial charge in [0, 0.05) is 16.2 Å². The molecule has 0 aliphatic carbocycles. The van der Waals surface area contributed by atoms with Gasteiger partial charge >= 0.3 is 0 Å². The van der Waals surface area contributed by atoms with Crippen LogP contribution in [0.3, 0.4) is 0 Å². The van der Waals surface area contributed by atoms with Crippen molar-refractivity contribution in [2.75, 3.05) is 11.1 Å². The smallest absolute Gasteiger partial charge is 0.138 e. The second kappa shape index (κ2) is 6.09. The van der Waals surface area contributed by atoms with Gasteiger partial charge in [0.2, 0.25) is 0 Å². The molecular weight excluding hydrogens is 422 g/mol. The highest BCUT2D eigenvalue weighted by atomic mass is 127. The number of hydrogen-bond donors (Lipinski definition) is 2.